The summed E-state index contributed by atoms with van der Waals surface area (Å²) < 4.78 is 27.8. The van der Waals surface area contributed by atoms with Gasteiger partial charge in [0, 0.05) is 12.6 Å². The van der Waals surface area contributed by atoms with E-state index < -0.39 is 0 Å². The van der Waals surface area contributed by atoms with Gasteiger partial charge < -0.3 is 28.6 Å². The van der Waals surface area contributed by atoms with Crippen molar-refractivity contribution < 1.29 is 28.5 Å². The highest BCUT2D eigenvalue weighted by Crippen LogP contribution is 2.35. The smallest absolute Gasteiger partial charge is 0.267 e. The minimum atomic E-state index is -0.191. The lowest BCUT2D eigenvalue weighted by molar-refractivity contribution is -0.0400. The molecule has 0 bridgehead atoms. The third-order valence-electron chi connectivity index (χ3n) is 4.33. The van der Waals surface area contributed by atoms with Gasteiger partial charge in [-0.2, -0.15) is 0 Å². The molecule has 1 aromatic carbocycles. The SMILES string of the molecule is CCOc1ccsc1C(=O)N1CCOC(COc2ccc3c(c2)OCO3)C1. The average molecular weight is 391 g/mol. The van der Waals surface area contributed by atoms with Crippen LogP contribution in [0.2, 0.25) is 0 Å². The molecule has 1 unspecified atom stereocenters. The fraction of sp³-hybridized carbons (Fsp3) is 0.421. The maximum atomic E-state index is 12.8. The average Bonchev–Trinajstić information content (AvgIpc) is 3.35. The van der Waals surface area contributed by atoms with Gasteiger partial charge >= 0.3 is 0 Å². The van der Waals surface area contributed by atoms with Crippen LogP contribution in [-0.4, -0.2) is 56.6 Å². The van der Waals surface area contributed by atoms with Crippen LogP contribution in [0.15, 0.2) is 29.6 Å². The molecule has 2 aliphatic rings. The van der Waals surface area contributed by atoms with Gasteiger partial charge in [0.05, 0.1) is 19.8 Å². The third-order valence-corrected chi connectivity index (χ3v) is 5.21. The first-order valence-electron chi connectivity index (χ1n) is 8.88. The van der Waals surface area contributed by atoms with E-state index in [4.69, 9.17) is 23.7 Å². The van der Waals surface area contributed by atoms with E-state index in [9.17, 15) is 4.79 Å². The van der Waals surface area contributed by atoms with Crippen molar-refractivity contribution in [2.45, 2.75) is 13.0 Å². The first-order valence-corrected chi connectivity index (χ1v) is 9.76. The van der Waals surface area contributed by atoms with Crippen LogP contribution in [-0.2, 0) is 4.74 Å². The summed E-state index contributed by atoms with van der Waals surface area (Å²) >= 11 is 1.40. The molecule has 1 saturated heterocycles. The summed E-state index contributed by atoms with van der Waals surface area (Å²) in [6.45, 7) is 4.54. The minimum absolute atomic E-state index is 0.0233. The second-order valence-corrected chi connectivity index (χ2v) is 7.03. The molecule has 0 N–H and O–H groups in total. The molecule has 8 heteroatoms. The van der Waals surface area contributed by atoms with Gasteiger partial charge in [-0.25, -0.2) is 0 Å². The highest BCUT2D eigenvalue weighted by Gasteiger charge is 2.28. The zero-order valence-corrected chi connectivity index (χ0v) is 15.8. The molecule has 0 saturated carbocycles. The standard InChI is InChI=1S/C19H21NO6S/c1-2-22-16-5-8-27-18(16)19(21)20-6-7-23-14(10-20)11-24-13-3-4-15-17(9-13)26-12-25-15/h3-5,8-9,14H,2,6-7,10-12H2,1H3. The molecule has 7 nitrogen and oxygen atoms in total. The number of fused-ring (bicyclic) bond motifs is 1. The molecular formula is C19H21NO6S. The second kappa shape index (κ2) is 8.06. The van der Waals surface area contributed by atoms with Crippen LogP contribution in [0.25, 0.3) is 0 Å². The monoisotopic (exact) mass is 391 g/mol. The molecule has 4 rings (SSSR count). The van der Waals surface area contributed by atoms with Crippen LogP contribution in [0.4, 0.5) is 0 Å². The van der Waals surface area contributed by atoms with Crippen molar-refractivity contribution in [2.75, 3.05) is 39.7 Å². The summed E-state index contributed by atoms with van der Waals surface area (Å²) in [7, 11) is 0. The van der Waals surface area contributed by atoms with Gasteiger partial charge in [-0.3, -0.25) is 4.79 Å². The Kier molecular flexibility index (Phi) is 5.35. The number of thiophene rings is 1. The summed E-state index contributed by atoms with van der Waals surface area (Å²) in [5.41, 5.74) is 0. The molecular weight excluding hydrogens is 370 g/mol. The van der Waals surface area contributed by atoms with E-state index in [1.54, 1.807) is 11.0 Å². The summed E-state index contributed by atoms with van der Waals surface area (Å²) in [5.74, 6) is 2.70. The molecule has 144 valence electrons. The van der Waals surface area contributed by atoms with Crippen LogP contribution in [0, 0.1) is 0 Å². The van der Waals surface area contributed by atoms with Crippen molar-refractivity contribution in [3.63, 3.8) is 0 Å². The summed E-state index contributed by atoms with van der Waals surface area (Å²) in [5, 5.41) is 1.87. The van der Waals surface area contributed by atoms with Gasteiger partial charge in [-0.15, -0.1) is 11.3 Å². The fourth-order valence-corrected chi connectivity index (χ4v) is 3.83. The van der Waals surface area contributed by atoms with E-state index in [-0.39, 0.29) is 18.8 Å². The number of ether oxygens (including phenoxy) is 5. The molecule has 2 aromatic rings. The highest BCUT2D eigenvalue weighted by molar-refractivity contribution is 7.12. The van der Waals surface area contributed by atoms with Gasteiger partial charge in [0.25, 0.3) is 5.91 Å². The van der Waals surface area contributed by atoms with Gasteiger partial charge in [0.1, 0.15) is 29.1 Å². The van der Waals surface area contributed by atoms with Gasteiger partial charge in [0.15, 0.2) is 11.5 Å². The number of hydrogen-bond acceptors (Lipinski definition) is 7. The van der Waals surface area contributed by atoms with Crippen molar-refractivity contribution in [1.29, 1.82) is 0 Å². The zero-order valence-electron chi connectivity index (χ0n) is 15.0. The lowest BCUT2D eigenvalue weighted by atomic mass is 10.2. The Morgan fingerprint density at radius 2 is 2.15 bits per heavy atom. The first kappa shape index (κ1) is 17.9. The van der Waals surface area contributed by atoms with Crippen molar-refractivity contribution in [1.82, 2.24) is 4.90 Å². The molecule has 3 heterocycles. The van der Waals surface area contributed by atoms with E-state index in [1.807, 2.05) is 30.5 Å². The van der Waals surface area contributed by atoms with Gasteiger partial charge in [-0.05, 0) is 30.5 Å². The van der Waals surface area contributed by atoms with E-state index >= 15 is 0 Å². The Hall–Kier alpha value is -2.45. The topological polar surface area (TPSA) is 66.5 Å². The summed E-state index contributed by atoms with van der Waals surface area (Å²) in [6, 6.07) is 7.29. The molecule has 1 aromatic heterocycles. The Morgan fingerprint density at radius 3 is 3.04 bits per heavy atom. The van der Waals surface area contributed by atoms with E-state index in [1.165, 1.54) is 11.3 Å². The number of carbonyl (C=O) groups excluding carboxylic acids is 1. The van der Waals surface area contributed by atoms with Crippen molar-refractivity contribution in [2.24, 2.45) is 0 Å². The summed E-state index contributed by atoms with van der Waals surface area (Å²) in [4.78, 5) is 15.3. The van der Waals surface area contributed by atoms with Gasteiger partial charge in [0.2, 0.25) is 6.79 Å². The second-order valence-electron chi connectivity index (χ2n) is 6.12. The predicted molar refractivity (Wildman–Crippen MR) is 99.2 cm³/mol. The number of rotatable bonds is 6. The highest BCUT2D eigenvalue weighted by atomic mass is 32.1. The number of benzene rings is 1. The Bertz CT molecular complexity index is 807. The van der Waals surface area contributed by atoms with Crippen LogP contribution in [0.3, 0.4) is 0 Å². The number of carbonyl (C=O) groups is 1. The quantitative estimate of drug-likeness (QED) is 0.754. The number of amides is 1. The van der Waals surface area contributed by atoms with Crippen LogP contribution < -0.4 is 18.9 Å². The normalized spacial score (nSPS) is 18.4. The molecule has 1 atom stereocenters. The lowest BCUT2D eigenvalue weighted by Gasteiger charge is -2.32. The maximum Gasteiger partial charge on any atom is 0.267 e. The number of hydrogen-bond donors (Lipinski definition) is 0. The minimum Gasteiger partial charge on any atom is -0.492 e. The maximum absolute atomic E-state index is 12.8. The molecule has 0 radical (unpaired) electrons. The first-order chi connectivity index (χ1) is 13.2. The van der Waals surface area contributed by atoms with Crippen molar-refractivity contribution in [3.8, 4) is 23.0 Å². The number of morpholine rings is 1. The number of nitrogens with zero attached hydrogens (tertiary/aromatic N) is 1. The Balaban J connectivity index is 1.35. The van der Waals surface area contributed by atoms with E-state index in [0.29, 0.717) is 60.8 Å². The van der Waals surface area contributed by atoms with E-state index in [0.717, 1.165) is 0 Å². The van der Waals surface area contributed by atoms with Crippen LogP contribution >= 0.6 is 11.3 Å². The molecule has 0 aliphatic carbocycles. The predicted octanol–water partition coefficient (Wildman–Crippen LogP) is 2.80. The molecule has 2 aliphatic heterocycles. The molecule has 27 heavy (non-hydrogen) atoms. The fourth-order valence-electron chi connectivity index (χ4n) is 3.03. The molecule has 0 spiro atoms. The molecule has 1 amide bonds. The van der Waals surface area contributed by atoms with E-state index in [2.05, 4.69) is 0 Å². The Labute approximate surface area is 161 Å². The Morgan fingerprint density at radius 1 is 1.26 bits per heavy atom. The summed E-state index contributed by atoms with van der Waals surface area (Å²) in [6.07, 6.45) is -0.191. The van der Waals surface area contributed by atoms with Crippen molar-refractivity contribution in [3.05, 3.63) is 34.5 Å². The van der Waals surface area contributed by atoms with Crippen LogP contribution in [0.1, 0.15) is 16.6 Å². The van der Waals surface area contributed by atoms with Crippen molar-refractivity contribution >= 4 is 17.2 Å². The largest absolute Gasteiger partial charge is 0.492 e. The van der Waals surface area contributed by atoms with Gasteiger partial charge in [-0.1, -0.05) is 0 Å². The lowest BCUT2D eigenvalue weighted by Crippen LogP contribution is -2.47. The zero-order chi connectivity index (χ0) is 18.6. The van der Waals surface area contributed by atoms with Crippen LogP contribution in [0.5, 0.6) is 23.0 Å². The third kappa shape index (κ3) is 3.96. The molecule has 1 fully saturated rings.